The Hall–Kier alpha value is -0.520. The summed E-state index contributed by atoms with van der Waals surface area (Å²) in [6.07, 6.45) is 5.96. The maximum absolute atomic E-state index is 3.87. The first kappa shape index (κ1) is 8.58. The van der Waals surface area contributed by atoms with Crippen LogP contribution in [0.5, 0.6) is 0 Å². The lowest BCUT2D eigenvalue weighted by Gasteiger charge is -2.32. The molecule has 0 radical (unpaired) electrons. The van der Waals surface area contributed by atoms with E-state index in [0.717, 1.165) is 0 Å². The molecular weight excluding hydrogens is 132 g/mol. The zero-order valence-electron chi connectivity index (χ0n) is 7.91. The fraction of sp³-hybridized carbons (Fsp3) is 0.636. The van der Waals surface area contributed by atoms with Gasteiger partial charge < -0.3 is 0 Å². The molecule has 0 spiro atoms. The third kappa shape index (κ3) is 1.55. The molecule has 0 saturated carbocycles. The molecule has 0 heterocycles. The zero-order chi connectivity index (χ0) is 8.48. The van der Waals surface area contributed by atoms with Crippen LogP contribution in [0.15, 0.2) is 23.8 Å². The summed E-state index contributed by atoms with van der Waals surface area (Å²) in [6.45, 7) is 10.7. The van der Waals surface area contributed by atoms with Gasteiger partial charge in [-0.2, -0.15) is 0 Å². The van der Waals surface area contributed by atoms with Crippen molar-refractivity contribution in [1.29, 1.82) is 0 Å². The van der Waals surface area contributed by atoms with Crippen LogP contribution in [0.25, 0.3) is 0 Å². The van der Waals surface area contributed by atoms with Gasteiger partial charge in [0.15, 0.2) is 0 Å². The van der Waals surface area contributed by atoms with Crippen molar-refractivity contribution in [2.24, 2.45) is 5.41 Å². The van der Waals surface area contributed by atoms with Crippen molar-refractivity contribution in [3.63, 3.8) is 0 Å². The topological polar surface area (TPSA) is 0 Å². The maximum atomic E-state index is 3.87. The van der Waals surface area contributed by atoms with Gasteiger partial charge in [-0.05, 0) is 37.2 Å². The summed E-state index contributed by atoms with van der Waals surface area (Å²) in [5.41, 5.74) is 3.39. The van der Waals surface area contributed by atoms with Crippen LogP contribution < -0.4 is 0 Å². The largest absolute Gasteiger partial charge is 0.0988 e. The van der Waals surface area contributed by atoms with Gasteiger partial charge in [-0.1, -0.05) is 32.1 Å². The molecule has 0 N–H and O–H groups in total. The minimum absolute atomic E-state index is 0.379. The highest BCUT2D eigenvalue weighted by Gasteiger charge is 2.25. The van der Waals surface area contributed by atoms with Crippen LogP contribution in [0.1, 0.15) is 40.0 Å². The van der Waals surface area contributed by atoms with Crippen LogP contribution >= 0.6 is 0 Å². The molecule has 11 heavy (non-hydrogen) atoms. The van der Waals surface area contributed by atoms with Gasteiger partial charge in [0.05, 0.1) is 0 Å². The maximum Gasteiger partial charge on any atom is -0.0104 e. The molecule has 0 saturated heterocycles. The average Bonchev–Trinajstić information content (AvgIpc) is 1.86. The monoisotopic (exact) mass is 150 g/mol. The van der Waals surface area contributed by atoms with E-state index in [0.29, 0.717) is 5.41 Å². The Morgan fingerprint density at radius 2 is 2.09 bits per heavy atom. The summed E-state index contributed by atoms with van der Waals surface area (Å²) in [5, 5.41) is 0. The van der Waals surface area contributed by atoms with Gasteiger partial charge in [0.2, 0.25) is 0 Å². The molecule has 0 aromatic carbocycles. The molecule has 0 bridgehead atoms. The number of hydrogen-bond acceptors (Lipinski definition) is 0. The van der Waals surface area contributed by atoms with E-state index in [1.165, 1.54) is 30.4 Å². The van der Waals surface area contributed by atoms with Crippen LogP contribution in [0.2, 0.25) is 0 Å². The molecule has 0 heteroatoms. The highest BCUT2D eigenvalue weighted by molar-refractivity contribution is 5.31. The molecule has 0 amide bonds. The minimum Gasteiger partial charge on any atom is -0.0988 e. The van der Waals surface area contributed by atoms with Crippen molar-refractivity contribution in [1.82, 2.24) is 0 Å². The van der Waals surface area contributed by atoms with E-state index in [4.69, 9.17) is 0 Å². The third-order valence-corrected chi connectivity index (χ3v) is 2.75. The molecule has 0 aromatic rings. The predicted molar refractivity (Wildman–Crippen MR) is 50.5 cm³/mol. The van der Waals surface area contributed by atoms with Gasteiger partial charge in [-0.15, -0.1) is 0 Å². The fourth-order valence-electron chi connectivity index (χ4n) is 2.09. The van der Waals surface area contributed by atoms with Crippen molar-refractivity contribution in [3.8, 4) is 0 Å². The average molecular weight is 150 g/mol. The minimum atomic E-state index is 0.379. The van der Waals surface area contributed by atoms with E-state index >= 15 is 0 Å². The lowest BCUT2D eigenvalue weighted by atomic mass is 9.73. The van der Waals surface area contributed by atoms with Gasteiger partial charge in [-0.3, -0.25) is 0 Å². The van der Waals surface area contributed by atoms with Crippen LogP contribution in [-0.4, -0.2) is 0 Å². The van der Waals surface area contributed by atoms with Gasteiger partial charge in [0.1, 0.15) is 0 Å². The van der Waals surface area contributed by atoms with E-state index in [1.54, 1.807) is 0 Å². The molecule has 0 nitrogen and oxygen atoms in total. The Bertz CT molecular complexity index is 194. The lowest BCUT2D eigenvalue weighted by Crippen LogP contribution is -2.18. The summed E-state index contributed by atoms with van der Waals surface area (Å²) >= 11 is 0. The molecule has 1 aliphatic carbocycles. The van der Waals surface area contributed by atoms with Gasteiger partial charge in [0, 0.05) is 0 Å². The number of hydrogen-bond donors (Lipinski definition) is 0. The first-order valence-electron chi connectivity index (χ1n) is 4.40. The van der Waals surface area contributed by atoms with Gasteiger partial charge in [0.25, 0.3) is 0 Å². The molecule has 0 aromatic heterocycles. The van der Waals surface area contributed by atoms with Crippen molar-refractivity contribution in [3.05, 3.63) is 23.8 Å². The Morgan fingerprint density at radius 1 is 1.45 bits per heavy atom. The number of rotatable bonds is 1. The molecule has 0 atom stereocenters. The van der Waals surface area contributed by atoms with Crippen molar-refractivity contribution in [2.75, 3.05) is 0 Å². The van der Waals surface area contributed by atoms with E-state index in [2.05, 4.69) is 27.4 Å². The molecule has 1 aliphatic rings. The Labute approximate surface area is 70.0 Å². The first-order valence-corrected chi connectivity index (χ1v) is 4.40. The van der Waals surface area contributed by atoms with E-state index in [9.17, 15) is 0 Å². The standard InChI is InChI=1S/C11H18/c1-5-10-9(2)7-6-8-11(10,3)4/h5H,1,6-8H2,2-4H3. The first-order chi connectivity index (χ1) is 5.08. The summed E-state index contributed by atoms with van der Waals surface area (Å²) in [4.78, 5) is 0. The van der Waals surface area contributed by atoms with Crippen LogP contribution in [0, 0.1) is 5.41 Å². The highest BCUT2D eigenvalue weighted by Crippen LogP contribution is 2.40. The summed E-state index contributed by atoms with van der Waals surface area (Å²) < 4.78 is 0. The molecule has 1 rings (SSSR count). The molecule has 0 aliphatic heterocycles. The SMILES string of the molecule is C=CC1=C(C)CCCC1(C)C. The summed E-state index contributed by atoms with van der Waals surface area (Å²) in [7, 11) is 0. The normalized spacial score (nSPS) is 23.5. The molecule has 0 unspecified atom stereocenters. The molecule has 62 valence electrons. The van der Waals surface area contributed by atoms with Crippen LogP contribution in [0.3, 0.4) is 0 Å². The second-order valence-corrected chi connectivity index (χ2v) is 4.14. The highest BCUT2D eigenvalue weighted by atomic mass is 14.3. The Balaban J connectivity index is 3.01. The smallest absolute Gasteiger partial charge is 0.0104 e. The quantitative estimate of drug-likeness (QED) is 0.534. The summed E-state index contributed by atoms with van der Waals surface area (Å²) in [5.74, 6) is 0. The Kier molecular flexibility index (Phi) is 2.22. The van der Waals surface area contributed by atoms with E-state index < -0.39 is 0 Å². The van der Waals surface area contributed by atoms with Gasteiger partial charge >= 0.3 is 0 Å². The predicted octanol–water partition coefficient (Wildman–Crippen LogP) is 3.70. The lowest BCUT2D eigenvalue weighted by molar-refractivity contribution is 0.377. The fourth-order valence-corrected chi connectivity index (χ4v) is 2.09. The second kappa shape index (κ2) is 2.84. The van der Waals surface area contributed by atoms with Gasteiger partial charge in [-0.25, -0.2) is 0 Å². The van der Waals surface area contributed by atoms with Crippen LogP contribution in [0.4, 0.5) is 0 Å². The number of allylic oxidation sites excluding steroid dienone is 3. The second-order valence-electron chi connectivity index (χ2n) is 4.14. The molecule has 0 fully saturated rings. The van der Waals surface area contributed by atoms with E-state index in [1.807, 2.05) is 6.08 Å². The molecular formula is C11H18. The zero-order valence-corrected chi connectivity index (χ0v) is 7.91. The summed E-state index contributed by atoms with van der Waals surface area (Å²) in [6, 6.07) is 0. The van der Waals surface area contributed by atoms with Crippen molar-refractivity contribution >= 4 is 0 Å². The van der Waals surface area contributed by atoms with Crippen molar-refractivity contribution in [2.45, 2.75) is 40.0 Å². The Morgan fingerprint density at radius 3 is 2.45 bits per heavy atom. The van der Waals surface area contributed by atoms with Crippen LogP contribution in [-0.2, 0) is 0 Å². The third-order valence-electron chi connectivity index (χ3n) is 2.75. The van der Waals surface area contributed by atoms with E-state index in [-0.39, 0.29) is 0 Å². The van der Waals surface area contributed by atoms with Crippen molar-refractivity contribution < 1.29 is 0 Å².